The lowest BCUT2D eigenvalue weighted by Gasteiger charge is -2.43. The summed E-state index contributed by atoms with van der Waals surface area (Å²) < 4.78 is 15.5. The van der Waals surface area contributed by atoms with Crippen LogP contribution in [0.3, 0.4) is 0 Å². The van der Waals surface area contributed by atoms with E-state index in [4.69, 9.17) is 25.1 Å². The highest BCUT2D eigenvalue weighted by atomic mass is 16.7. The van der Waals surface area contributed by atoms with Gasteiger partial charge in [0.05, 0.1) is 19.1 Å². The largest absolute Gasteiger partial charge is 0.481 e. The van der Waals surface area contributed by atoms with Crippen molar-refractivity contribution in [1.82, 2.24) is 5.32 Å². The second-order valence-electron chi connectivity index (χ2n) is 4.89. The molecule has 128 valence electrons. The minimum Gasteiger partial charge on any atom is -0.481 e. The normalized spacial score (nSPS) is 33.2. The molecule has 0 spiro atoms. The van der Waals surface area contributed by atoms with Gasteiger partial charge in [-0.1, -0.05) is 0 Å². The van der Waals surface area contributed by atoms with E-state index < -0.39 is 61.6 Å². The molecule has 0 aromatic carbocycles. The van der Waals surface area contributed by atoms with Crippen LogP contribution in [0.5, 0.6) is 0 Å². The van der Waals surface area contributed by atoms with Crippen LogP contribution in [0.2, 0.25) is 0 Å². The lowest BCUT2D eigenvalue weighted by molar-refractivity contribution is -0.267. The van der Waals surface area contributed by atoms with Crippen molar-refractivity contribution in [3.05, 3.63) is 0 Å². The summed E-state index contributed by atoms with van der Waals surface area (Å²) in [5, 5.41) is 30.5. The van der Waals surface area contributed by atoms with E-state index in [0.29, 0.717) is 0 Å². The van der Waals surface area contributed by atoms with Gasteiger partial charge in [-0.15, -0.1) is 0 Å². The quantitative estimate of drug-likeness (QED) is 0.329. The number of carbonyl (C=O) groups excluding carboxylic acids is 1. The topological polar surface area (TPSA) is 161 Å². The first-order valence-electron chi connectivity index (χ1n) is 6.63. The Morgan fingerprint density at radius 3 is 2.45 bits per heavy atom. The molecule has 0 aromatic heterocycles. The number of amides is 1. The summed E-state index contributed by atoms with van der Waals surface area (Å²) in [6.45, 7) is -0.408. The highest BCUT2D eigenvalue weighted by Gasteiger charge is 2.46. The lowest BCUT2D eigenvalue weighted by Crippen LogP contribution is -2.66. The van der Waals surface area contributed by atoms with Gasteiger partial charge in [0, 0.05) is 14.2 Å². The van der Waals surface area contributed by atoms with Gasteiger partial charge in [0.15, 0.2) is 6.29 Å². The maximum Gasteiger partial charge on any atom is 0.305 e. The molecule has 1 amide bonds. The Kier molecular flexibility index (Phi) is 7.13. The van der Waals surface area contributed by atoms with Crippen LogP contribution in [0.1, 0.15) is 6.42 Å². The summed E-state index contributed by atoms with van der Waals surface area (Å²) in [6, 6.07) is -2.30. The average Bonchev–Trinajstić information content (AvgIpc) is 2.47. The van der Waals surface area contributed by atoms with Crippen molar-refractivity contribution in [2.24, 2.45) is 5.73 Å². The van der Waals surface area contributed by atoms with Crippen molar-refractivity contribution in [2.75, 3.05) is 20.8 Å². The van der Waals surface area contributed by atoms with E-state index in [-0.39, 0.29) is 0 Å². The molecule has 1 aliphatic heterocycles. The van der Waals surface area contributed by atoms with Crippen LogP contribution in [0.15, 0.2) is 0 Å². The fourth-order valence-electron chi connectivity index (χ4n) is 2.27. The van der Waals surface area contributed by atoms with Crippen molar-refractivity contribution >= 4 is 11.9 Å². The average molecular weight is 322 g/mol. The first kappa shape index (κ1) is 18.7. The van der Waals surface area contributed by atoms with E-state index in [2.05, 4.69) is 5.32 Å². The van der Waals surface area contributed by atoms with Gasteiger partial charge >= 0.3 is 5.97 Å². The zero-order valence-electron chi connectivity index (χ0n) is 12.3. The van der Waals surface area contributed by atoms with Gasteiger partial charge in [0.25, 0.3) is 0 Å². The summed E-state index contributed by atoms with van der Waals surface area (Å²) >= 11 is 0. The monoisotopic (exact) mass is 322 g/mol. The van der Waals surface area contributed by atoms with E-state index in [0.717, 1.165) is 0 Å². The number of methoxy groups -OCH3 is 2. The zero-order valence-corrected chi connectivity index (χ0v) is 12.3. The number of carbonyl (C=O) groups is 2. The molecule has 0 bridgehead atoms. The maximum absolute atomic E-state index is 11.9. The number of nitrogens with two attached hydrogens (primary N) is 1. The van der Waals surface area contributed by atoms with E-state index >= 15 is 0 Å². The third kappa shape index (κ3) is 4.35. The summed E-state index contributed by atoms with van der Waals surface area (Å²) in [6.07, 6.45) is -4.55. The summed E-state index contributed by atoms with van der Waals surface area (Å²) in [7, 11) is 2.62. The number of hydrogen-bond donors (Lipinski definition) is 5. The molecule has 3 unspecified atom stereocenters. The van der Waals surface area contributed by atoms with Crippen molar-refractivity contribution < 1.29 is 39.1 Å². The zero-order chi connectivity index (χ0) is 16.9. The molecule has 0 aliphatic carbocycles. The number of nitrogens with one attached hydrogen (secondary N) is 1. The van der Waals surface area contributed by atoms with Crippen LogP contribution in [-0.2, 0) is 23.8 Å². The van der Waals surface area contributed by atoms with Crippen molar-refractivity contribution in [2.45, 2.75) is 43.1 Å². The third-order valence-electron chi connectivity index (χ3n) is 3.40. The van der Waals surface area contributed by atoms with Crippen molar-refractivity contribution in [1.29, 1.82) is 0 Å². The second kappa shape index (κ2) is 8.36. The maximum atomic E-state index is 11.9. The number of aliphatic hydroxyl groups excluding tert-OH is 2. The van der Waals surface area contributed by atoms with E-state index in [1.54, 1.807) is 0 Å². The van der Waals surface area contributed by atoms with Gasteiger partial charge in [-0.2, -0.15) is 0 Å². The highest BCUT2D eigenvalue weighted by molar-refractivity contribution is 5.86. The molecule has 1 saturated heterocycles. The van der Waals surface area contributed by atoms with Gasteiger partial charge in [0.2, 0.25) is 5.91 Å². The minimum absolute atomic E-state index is 0.408. The fourth-order valence-corrected chi connectivity index (χ4v) is 2.27. The Balaban J connectivity index is 2.81. The molecule has 10 nitrogen and oxygen atoms in total. The first-order valence-corrected chi connectivity index (χ1v) is 6.63. The number of carboxylic acid groups (broad SMARTS) is 1. The number of carboxylic acids is 1. The number of rotatable bonds is 7. The molecule has 1 heterocycles. The Hall–Kier alpha value is -1.30. The summed E-state index contributed by atoms with van der Waals surface area (Å²) in [5.74, 6) is -1.99. The van der Waals surface area contributed by atoms with Crippen molar-refractivity contribution in [3.63, 3.8) is 0 Å². The van der Waals surface area contributed by atoms with Gasteiger partial charge < -0.3 is 40.6 Å². The van der Waals surface area contributed by atoms with Gasteiger partial charge in [-0.25, -0.2) is 0 Å². The predicted octanol–water partition coefficient (Wildman–Crippen LogP) is -2.99. The van der Waals surface area contributed by atoms with Crippen LogP contribution in [-0.4, -0.2) is 84.7 Å². The van der Waals surface area contributed by atoms with Crippen LogP contribution in [0.4, 0.5) is 0 Å². The van der Waals surface area contributed by atoms with Crippen molar-refractivity contribution in [3.8, 4) is 0 Å². The Labute approximate surface area is 127 Å². The van der Waals surface area contributed by atoms with E-state index in [9.17, 15) is 19.8 Å². The first-order chi connectivity index (χ1) is 10.3. The Bertz CT molecular complexity index is 393. The molecular formula is C12H22N2O8. The van der Waals surface area contributed by atoms with Crippen LogP contribution in [0.25, 0.3) is 0 Å². The number of hydrogen-bond acceptors (Lipinski definition) is 8. The van der Waals surface area contributed by atoms with Crippen LogP contribution >= 0.6 is 0 Å². The molecule has 22 heavy (non-hydrogen) atoms. The number of aliphatic carboxylic acids is 1. The third-order valence-corrected chi connectivity index (χ3v) is 3.40. The summed E-state index contributed by atoms with van der Waals surface area (Å²) in [5.41, 5.74) is 5.46. The Morgan fingerprint density at radius 1 is 1.36 bits per heavy atom. The minimum atomic E-state index is -1.28. The number of ether oxygens (including phenoxy) is 3. The predicted molar refractivity (Wildman–Crippen MR) is 71.7 cm³/mol. The molecule has 1 aliphatic rings. The number of aliphatic hydroxyl groups is 2. The fraction of sp³-hybridized carbons (Fsp3) is 0.833. The highest BCUT2D eigenvalue weighted by Crippen LogP contribution is 2.23. The molecule has 1 rings (SSSR count). The Morgan fingerprint density at radius 2 is 2.00 bits per heavy atom. The van der Waals surface area contributed by atoms with Crippen LogP contribution in [0, 0.1) is 0 Å². The van der Waals surface area contributed by atoms with E-state index in [1.165, 1.54) is 14.2 Å². The van der Waals surface area contributed by atoms with Gasteiger partial charge in [-0.3, -0.25) is 9.59 Å². The molecular weight excluding hydrogens is 300 g/mol. The smallest absolute Gasteiger partial charge is 0.305 e. The van der Waals surface area contributed by atoms with Gasteiger partial charge in [-0.05, 0) is 0 Å². The summed E-state index contributed by atoms with van der Waals surface area (Å²) in [4.78, 5) is 22.5. The van der Waals surface area contributed by atoms with Gasteiger partial charge in [0.1, 0.15) is 24.4 Å². The molecule has 6 N–H and O–H groups in total. The van der Waals surface area contributed by atoms with E-state index in [1.807, 2.05) is 0 Å². The molecule has 0 aromatic rings. The molecule has 0 radical (unpaired) electrons. The molecule has 6 atom stereocenters. The molecule has 1 fully saturated rings. The lowest BCUT2D eigenvalue weighted by atomic mass is 9.96. The molecule has 10 heteroatoms. The molecule has 0 saturated carbocycles. The standard InChI is InChI=1S/C12H22N2O8/c1-20-10-6(4-15)22-12(21-2)8(9(10)18)14-11(19)5(13)3-7(16)17/h5-6,8-10,12,15,18H,3-4,13H2,1-2H3,(H,14,19)(H,16,17)/t5?,6?,8?,9-,10-,12-/m1/s1. The SMILES string of the molecule is CO[C@@H]1OC(CO)[C@@H](OC)[C@H](O)C1NC(=O)C(N)CC(=O)O. The second-order valence-corrected chi connectivity index (χ2v) is 4.89. The van der Waals surface area contributed by atoms with Crippen LogP contribution < -0.4 is 11.1 Å².